The van der Waals surface area contributed by atoms with E-state index in [0.29, 0.717) is 6.61 Å². The fourth-order valence-corrected chi connectivity index (χ4v) is 3.12. The molecule has 4 nitrogen and oxygen atoms in total. The van der Waals surface area contributed by atoms with Gasteiger partial charge in [-0.1, -0.05) is 6.92 Å². The van der Waals surface area contributed by atoms with Gasteiger partial charge in [-0.3, -0.25) is 0 Å². The lowest BCUT2D eigenvalue weighted by Crippen LogP contribution is -2.21. The number of rotatable bonds is 6. The van der Waals surface area contributed by atoms with Gasteiger partial charge in [0, 0.05) is 18.3 Å². The molecule has 1 fully saturated rings. The van der Waals surface area contributed by atoms with Crippen molar-refractivity contribution >= 4 is 9.84 Å². The summed E-state index contributed by atoms with van der Waals surface area (Å²) in [5.74, 6) is 0.447. The Morgan fingerprint density at radius 2 is 2.21 bits per heavy atom. The van der Waals surface area contributed by atoms with Crippen molar-refractivity contribution in [2.75, 3.05) is 31.8 Å². The number of hydrogen-bond donors (Lipinski definition) is 1. The van der Waals surface area contributed by atoms with E-state index in [1.165, 1.54) is 0 Å². The normalized spacial score (nSPS) is 31.8. The molecule has 5 heteroatoms. The van der Waals surface area contributed by atoms with Crippen molar-refractivity contribution in [3.63, 3.8) is 0 Å². The van der Waals surface area contributed by atoms with Crippen LogP contribution in [0.2, 0.25) is 0 Å². The number of aliphatic hydroxyl groups excluding tert-OH is 1. The number of ether oxygens (including phenoxy) is 1. The van der Waals surface area contributed by atoms with Crippen molar-refractivity contribution in [1.82, 2.24) is 0 Å². The molecular formula is C9H18O4S. The molecule has 0 radical (unpaired) electrons. The van der Waals surface area contributed by atoms with Crippen LogP contribution in [0.15, 0.2) is 0 Å². The second-order valence-corrected chi connectivity index (χ2v) is 6.45. The quantitative estimate of drug-likeness (QED) is 0.690. The van der Waals surface area contributed by atoms with Crippen LogP contribution in [0.3, 0.4) is 0 Å². The standard InChI is InChI=1S/C9H18O4S/c1-3-14(11,12)5-8-4-9(8,6-10)7-13-2/h8,10H,3-7H2,1-2H3/t8-,9+/m0/s1. The molecule has 0 amide bonds. The van der Waals surface area contributed by atoms with Gasteiger partial charge >= 0.3 is 0 Å². The fraction of sp³-hybridized carbons (Fsp3) is 1.00. The Balaban J connectivity index is 2.52. The monoisotopic (exact) mass is 222 g/mol. The Morgan fingerprint density at radius 1 is 1.57 bits per heavy atom. The SMILES string of the molecule is CCS(=O)(=O)C[C@@H]1C[C@@]1(CO)COC. The van der Waals surface area contributed by atoms with E-state index < -0.39 is 9.84 Å². The number of aliphatic hydroxyl groups is 1. The van der Waals surface area contributed by atoms with E-state index in [4.69, 9.17) is 9.84 Å². The van der Waals surface area contributed by atoms with Gasteiger partial charge in [-0.2, -0.15) is 0 Å². The second kappa shape index (κ2) is 4.16. The molecule has 0 spiro atoms. The Bertz CT molecular complexity index is 285. The Morgan fingerprint density at radius 3 is 2.64 bits per heavy atom. The van der Waals surface area contributed by atoms with Crippen LogP contribution in [0, 0.1) is 11.3 Å². The van der Waals surface area contributed by atoms with Gasteiger partial charge in [-0.25, -0.2) is 8.42 Å². The van der Waals surface area contributed by atoms with Crippen LogP contribution in [-0.4, -0.2) is 45.4 Å². The zero-order valence-electron chi connectivity index (χ0n) is 8.69. The summed E-state index contributed by atoms with van der Waals surface area (Å²) in [5.41, 5.74) is -0.281. The van der Waals surface area contributed by atoms with Crippen LogP contribution in [0.4, 0.5) is 0 Å². The average molecular weight is 222 g/mol. The summed E-state index contributed by atoms with van der Waals surface area (Å²) < 4.78 is 27.7. The molecule has 1 aliphatic carbocycles. The third kappa shape index (κ3) is 2.46. The molecule has 2 atom stereocenters. The van der Waals surface area contributed by atoms with E-state index in [0.717, 1.165) is 6.42 Å². The summed E-state index contributed by atoms with van der Waals surface area (Å²) in [6.45, 7) is 2.12. The third-order valence-electron chi connectivity index (χ3n) is 3.00. The molecule has 84 valence electrons. The minimum atomic E-state index is -2.92. The minimum Gasteiger partial charge on any atom is -0.396 e. The first-order valence-electron chi connectivity index (χ1n) is 4.80. The van der Waals surface area contributed by atoms with Crippen molar-refractivity contribution in [2.24, 2.45) is 11.3 Å². The van der Waals surface area contributed by atoms with Gasteiger partial charge in [0.25, 0.3) is 0 Å². The highest BCUT2D eigenvalue weighted by atomic mass is 32.2. The molecule has 0 saturated heterocycles. The Hall–Kier alpha value is -0.130. The van der Waals surface area contributed by atoms with Crippen LogP contribution in [-0.2, 0) is 14.6 Å². The predicted molar refractivity (Wildman–Crippen MR) is 53.8 cm³/mol. The van der Waals surface area contributed by atoms with Gasteiger partial charge in [-0.15, -0.1) is 0 Å². The minimum absolute atomic E-state index is 0.0186. The van der Waals surface area contributed by atoms with Crippen LogP contribution < -0.4 is 0 Å². The summed E-state index contributed by atoms with van der Waals surface area (Å²) in [5, 5.41) is 9.15. The molecule has 1 saturated carbocycles. The summed E-state index contributed by atoms with van der Waals surface area (Å²) in [6, 6.07) is 0. The molecule has 1 aliphatic rings. The Kier molecular flexibility index (Phi) is 3.55. The topological polar surface area (TPSA) is 63.6 Å². The summed E-state index contributed by atoms with van der Waals surface area (Å²) in [4.78, 5) is 0. The van der Waals surface area contributed by atoms with Crippen LogP contribution in [0.1, 0.15) is 13.3 Å². The molecule has 0 aromatic rings. The van der Waals surface area contributed by atoms with Crippen molar-refractivity contribution < 1.29 is 18.3 Å². The van der Waals surface area contributed by atoms with Gasteiger partial charge in [0.15, 0.2) is 0 Å². The smallest absolute Gasteiger partial charge is 0.150 e. The van der Waals surface area contributed by atoms with Gasteiger partial charge in [-0.05, 0) is 12.3 Å². The van der Waals surface area contributed by atoms with Gasteiger partial charge in [0.05, 0.1) is 19.0 Å². The lowest BCUT2D eigenvalue weighted by Gasteiger charge is -2.12. The molecule has 14 heavy (non-hydrogen) atoms. The van der Waals surface area contributed by atoms with E-state index in [1.54, 1.807) is 14.0 Å². The maximum Gasteiger partial charge on any atom is 0.150 e. The number of methoxy groups -OCH3 is 1. The maximum absolute atomic E-state index is 11.3. The summed E-state index contributed by atoms with van der Waals surface area (Å²) >= 11 is 0. The van der Waals surface area contributed by atoms with Gasteiger partial charge in [0.2, 0.25) is 0 Å². The molecule has 0 aliphatic heterocycles. The van der Waals surface area contributed by atoms with Crippen molar-refractivity contribution in [3.8, 4) is 0 Å². The summed E-state index contributed by atoms with van der Waals surface area (Å²) in [6.07, 6.45) is 0.760. The van der Waals surface area contributed by atoms with E-state index in [1.807, 2.05) is 0 Å². The van der Waals surface area contributed by atoms with Crippen molar-refractivity contribution in [1.29, 1.82) is 0 Å². The van der Waals surface area contributed by atoms with Crippen molar-refractivity contribution in [2.45, 2.75) is 13.3 Å². The first-order chi connectivity index (χ1) is 6.49. The van der Waals surface area contributed by atoms with Gasteiger partial charge in [0.1, 0.15) is 9.84 Å². The second-order valence-electron chi connectivity index (χ2n) is 4.05. The highest BCUT2D eigenvalue weighted by Crippen LogP contribution is 2.52. The van der Waals surface area contributed by atoms with Gasteiger partial charge < -0.3 is 9.84 Å². The Labute approximate surface area is 85.2 Å². The van der Waals surface area contributed by atoms with Crippen LogP contribution >= 0.6 is 0 Å². The maximum atomic E-state index is 11.3. The van der Waals surface area contributed by atoms with E-state index >= 15 is 0 Å². The molecule has 0 aromatic heterocycles. The van der Waals surface area contributed by atoms with E-state index in [9.17, 15) is 8.42 Å². The van der Waals surface area contributed by atoms with E-state index in [2.05, 4.69) is 0 Å². The largest absolute Gasteiger partial charge is 0.396 e. The number of hydrogen-bond acceptors (Lipinski definition) is 4. The van der Waals surface area contributed by atoms with Crippen LogP contribution in [0.25, 0.3) is 0 Å². The molecule has 0 unspecified atom stereocenters. The molecular weight excluding hydrogens is 204 g/mol. The molecule has 0 aromatic carbocycles. The molecule has 0 bridgehead atoms. The summed E-state index contributed by atoms with van der Waals surface area (Å²) in [7, 11) is -1.35. The van der Waals surface area contributed by atoms with E-state index in [-0.39, 0.29) is 29.4 Å². The predicted octanol–water partition coefficient (Wildman–Crippen LogP) is 0.0661. The number of sulfone groups is 1. The first kappa shape index (κ1) is 11.9. The third-order valence-corrected chi connectivity index (χ3v) is 4.79. The van der Waals surface area contributed by atoms with Crippen molar-refractivity contribution in [3.05, 3.63) is 0 Å². The highest BCUT2D eigenvalue weighted by Gasteiger charge is 2.54. The molecule has 1 rings (SSSR count). The zero-order chi connectivity index (χ0) is 10.8. The molecule has 1 N–H and O–H groups in total. The zero-order valence-corrected chi connectivity index (χ0v) is 9.51. The highest BCUT2D eigenvalue weighted by molar-refractivity contribution is 7.91. The van der Waals surface area contributed by atoms with Crippen LogP contribution in [0.5, 0.6) is 0 Å². The average Bonchev–Trinajstić information content (AvgIpc) is 2.79. The molecule has 0 heterocycles. The first-order valence-corrected chi connectivity index (χ1v) is 6.62. The lowest BCUT2D eigenvalue weighted by atomic mass is 10.1. The lowest BCUT2D eigenvalue weighted by molar-refractivity contribution is 0.0879. The fourth-order valence-electron chi connectivity index (χ4n) is 1.80.